The number of alkyl halides is 3. The normalized spacial score (nSPS) is 54.0. The van der Waals surface area contributed by atoms with Crippen LogP contribution in [0, 0.1) is 46.8 Å². The second-order valence-corrected chi connectivity index (χ2v) is 9.27. The van der Waals surface area contributed by atoms with Crippen molar-refractivity contribution in [1.29, 1.82) is 0 Å². The molecule has 10 atom stereocenters. The summed E-state index contributed by atoms with van der Waals surface area (Å²) < 4.78 is 51.5. The van der Waals surface area contributed by atoms with Crippen LogP contribution < -0.4 is 0 Å². The van der Waals surface area contributed by atoms with Crippen molar-refractivity contribution in [2.24, 2.45) is 46.8 Å². The number of ether oxygens (including phenoxy) is 2. The molecule has 144 valence electrons. The molecule has 0 spiro atoms. The summed E-state index contributed by atoms with van der Waals surface area (Å²) in [5, 5.41) is 0. The van der Waals surface area contributed by atoms with Crippen molar-refractivity contribution in [3.63, 3.8) is 0 Å². The van der Waals surface area contributed by atoms with E-state index in [1.807, 2.05) is 0 Å². The van der Waals surface area contributed by atoms with Crippen molar-refractivity contribution in [3.8, 4) is 0 Å². The van der Waals surface area contributed by atoms with Gasteiger partial charge in [-0.2, -0.15) is 13.2 Å². The summed E-state index contributed by atoms with van der Waals surface area (Å²) in [5.41, 5.74) is -2.37. The van der Waals surface area contributed by atoms with Gasteiger partial charge in [0.1, 0.15) is 12.2 Å². The molecule has 5 aliphatic rings. The number of fused-ring (bicyclic) bond motifs is 3. The first-order valence-electron chi connectivity index (χ1n) is 9.63. The van der Waals surface area contributed by atoms with E-state index in [1.165, 1.54) is 0 Å². The Kier molecular flexibility index (Phi) is 3.22. The Morgan fingerprint density at radius 3 is 2.50 bits per heavy atom. The van der Waals surface area contributed by atoms with Crippen LogP contribution in [0.3, 0.4) is 0 Å². The van der Waals surface area contributed by atoms with E-state index >= 15 is 0 Å². The highest BCUT2D eigenvalue weighted by atomic mass is 19.4. The first-order valence-corrected chi connectivity index (χ1v) is 9.63. The summed E-state index contributed by atoms with van der Waals surface area (Å²) in [6.07, 6.45) is -4.45. The largest absolute Gasteiger partial charge is 0.458 e. The first-order chi connectivity index (χ1) is 12.1. The molecule has 1 aliphatic heterocycles. The lowest BCUT2D eigenvalue weighted by Crippen LogP contribution is -2.49. The first kappa shape index (κ1) is 16.9. The Labute approximate surface area is 149 Å². The Morgan fingerprint density at radius 1 is 1.15 bits per heavy atom. The zero-order valence-corrected chi connectivity index (χ0v) is 14.8. The summed E-state index contributed by atoms with van der Waals surface area (Å²) in [6.45, 7) is 4.39. The van der Waals surface area contributed by atoms with Crippen molar-refractivity contribution in [2.75, 3.05) is 0 Å². The standard InChI is InChI=1S/C19H23F3O4/c1-7-8(2)11-3-9(7)4-12(11)16(23)25-14-10-5-13-15(14)26-17(24)18(13,6-10)19(20,21)22/h7-15H,3-6H2,1-2H3. The SMILES string of the molecule is CC1C2CC(C(=O)OC3C4CC5C3OC(=O)C5(C(F)(F)F)C4)C(C2)C1C. The third kappa shape index (κ3) is 1.82. The maximum absolute atomic E-state index is 13.6. The maximum atomic E-state index is 13.6. The average molecular weight is 372 g/mol. The molecule has 0 N–H and O–H groups in total. The smallest absolute Gasteiger partial charge is 0.405 e. The Hall–Kier alpha value is -1.27. The third-order valence-corrected chi connectivity index (χ3v) is 8.52. The van der Waals surface area contributed by atoms with Gasteiger partial charge in [0.05, 0.1) is 5.92 Å². The summed E-state index contributed by atoms with van der Waals surface area (Å²) in [7, 11) is 0. The van der Waals surface area contributed by atoms with Gasteiger partial charge in [0.25, 0.3) is 0 Å². The highest BCUT2D eigenvalue weighted by molar-refractivity contribution is 5.82. The van der Waals surface area contributed by atoms with Crippen molar-refractivity contribution in [3.05, 3.63) is 0 Å². The van der Waals surface area contributed by atoms with Crippen LogP contribution in [0.25, 0.3) is 0 Å². The molecule has 4 bridgehead atoms. The molecule has 1 saturated heterocycles. The lowest BCUT2D eigenvalue weighted by Gasteiger charge is -2.35. The quantitative estimate of drug-likeness (QED) is 0.698. The van der Waals surface area contributed by atoms with Gasteiger partial charge >= 0.3 is 18.1 Å². The van der Waals surface area contributed by atoms with Crippen LogP contribution in [0.5, 0.6) is 0 Å². The van der Waals surface area contributed by atoms with Gasteiger partial charge in [-0.25, -0.2) is 0 Å². The lowest BCUT2D eigenvalue weighted by molar-refractivity contribution is -0.231. The number of hydrogen-bond acceptors (Lipinski definition) is 4. The van der Waals surface area contributed by atoms with Crippen molar-refractivity contribution in [1.82, 2.24) is 0 Å². The number of esters is 2. The van der Waals surface area contributed by atoms with E-state index < -0.39 is 41.6 Å². The van der Waals surface area contributed by atoms with Crippen molar-refractivity contribution >= 4 is 11.9 Å². The van der Waals surface area contributed by atoms with Crippen LogP contribution in [0.1, 0.15) is 39.5 Å². The van der Waals surface area contributed by atoms with Gasteiger partial charge in [-0.15, -0.1) is 0 Å². The molecule has 0 amide bonds. The predicted octanol–water partition coefficient (Wildman–Crippen LogP) is 3.34. The molecule has 26 heavy (non-hydrogen) atoms. The number of carbonyl (C=O) groups is 2. The molecule has 10 unspecified atom stereocenters. The third-order valence-electron chi connectivity index (χ3n) is 8.52. The van der Waals surface area contributed by atoms with Crippen LogP contribution >= 0.6 is 0 Å². The predicted molar refractivity (Wildman–Crippen MR) is 82.5 cm³/mol. The number of rotatable bonds is 2. The minimum Gasteiger partial charge on any atom is -0.458 e. The van der Waals surface area contributed by atoms with Crippen molar-refractivity contribution in [2.45, 2.75) is 57.9 Å². The molecule has 4 saturated carbocycles. The zero-order valence-electron chi connectivity index (χ0n) is 14.8. The van der Waals surface area contributed by atoms with Gasteiger partial charge in [-0.3, -0.25) is 9.59 Å². The second kappa shape index (κ2) is 4.96. The Balaban J connectivity index is 1.33. The molecule has 5 rings (SSSR count). The molecule has 0 aromatic rings. The van der Waals surface area contributed by atoms with E-state index in [0.717, 1.165) is 12.8 Å². The lowest BCUT2D eigenvalue weighted by atomic mass is 9.72. The number of carbonyl (C=O) groups excluding carboxylic acids is 2. The summed E-state index contributed by atoms with van der Waals surface area (Å²) in [4.78, 5) is 24.8. The topological polar surface area (TPSA) is 52.6 Å². The highest BCUT2D eigenvalue weighted by Crippen LogP contribution is 2.68. The van der Waals surface area contributed by atoms with Crippen LogP contribution in [0.15, 0.2) is 0 Å². The molecular weight excluding hydrogens is 349 g/mol. The van der Waals surface area contributed by atoms with Crippen molar-refractivity contribution < 1.29 is 32.2 Å². The number of hydrogen-bond donors (Lipinski definition) is 0. The van der Waals surface area contributed by atoms with Gasteiger partial charge in [0.2, 0.25) is 0 Å². The fraction of sp³-hybridized carbons (Fsp3) is 0.895. The van der Waals surface area contributed by atoms with Crippen LogP contribution in [0.2, 0.25) is 0 Å². The molecule has 0 aromatic carbocycles. The minimum atomic E-state index is -4.61. The average Bonchev–Trinajstić information content (AvgIpc) is 3.30. The Morgan fingerprint density at radius 2 is 1.88 bits per heavy atom. The molecular formula is C19H23F3O4. The van der Waals surface area contributed by atoms with Crippen LogP contribution in [-0.2, 0) is 19.1 Å². The van der Waals surface area contributed by atoms with Crippen LogP contribution in [0.4, 0.5) is 13.2 Å². The zero-order chi connectivity index (χ0) is 18.6. The summed E-state index contributed by atoms with van der Waals surface area (Å²) >= 11 is 0. The molecule has 7 heteroatoms. The van der Waals surface area contributed by atoms with E-state index in [4.69, 9.17) is 9.47 Å². The molecule has 4 nitrogen and oxygen atoms in total. The minimum absolute atomic E-state index is 0.158. The Bertz CT molecular complexity index is 674. The highest BCUT2D eigenvalue weighted by Gasteiger charge is 2.80. The fourth-order valence-corrected chi connectivity index (χ4v) is 6.99. The van der Waals surface area contributed by atoms with Gasteiger partial charge in [-0.05, 0) is 49.4 Å². The van der Waals surface area contributed by atoms with Gasteiger partial charge in [0, 0.05) is 11.8 Å². The van der Waals surface area contributed by atoms with Gasteiger partial charge < -0.3 is 9.47 Å². The molecule has 0 aromatic heterocycles. The van der Waals surface area contributed by atoms with Gasteiger partial charge in [-0.1, -0.05) is 13.8 Å². The van der Waals surface area contributed by atoms with Crippen LogP contribution in [-0.4, -0.2) is 30.3 Å². The molecule has 5 fully saturated rings. The monoisotopic (exact) mass is 372 g/mol. The fourth-order valence-electron chi connectivity index (χ4n) is 6.99. The maximum Gasteiger partial charge on any atom is 0.405 e. The van der Waals surface area contributed by atoms with E-state index in [1.54, 1.807) is 0 Å². The van der Waals surface area contributed by atoms with E-state index in [0.29, 0.717) is 23.7 Å². The van der Waals surface area contributed by atoms with E-state index in [-0.39, 0.29) is 24.7 Å². The summed E-state index contributed by atoms with van der Waals surface area (Å²) in [6, 6.07) is 0. The number of halogens is 3. The summed E-state index contributed by atoms with van der Waals surface area (Å²) in [5.74, 6) is -1.05. The van der Waals surface area contributed by atoms with E-state index in [9.17, 15) is 22.8 Å². The van der Waals surface area contributed by atoms with Gasteiger partial charge in [0.15, 0.2) is 5.41 Å². The molecule has 1 heterocycles. The molecule has 0 radical (unpaired) electrons. The van der Waals surface area contributed by atoms with E-state index in [2.05, 4.69) is 13.8 Å². The molecule has 4 aliphatic carbocycles. The second-order valence-electron chi connectivity index (χ2n) is 9.27.